The second-order valence-corrected chi connectivity index (χ2v) is 18.6. The predicted molar refractivity (Wildman–Crippen MR) is 276 cm³/mol. The van der Waals surface area contributed by atoms with Gasteiger partial charge in [-0.25, -0.2) is 0 Å². The minimum absolute atomic E-state index is 0.0755. The highest BCUT2D eigenvalue weighted by atomic mass is 16.3. The molecule has 0 bridgehead atoms. The number of hydrogen-bond donors (Lipinski definition) is 3. The smallest absolute Gasteiger partial charge is 0.220 e. The zero-order valence-corrected chi connectivity index (χ0v) is 41.6. The molecule has 0 spiro atoms. The lowest BCUT2D eigenvalue weighted by Gasteiger charge is -2.19. The molecule has 0 radical (unpaired) electrons. The van der Waals surface area contributed by atoms with Crippen LogP contribution in [0.1, 0.15) is 284 Å². The molecule has 0 saturated carbocycles. The summed E-state index contributed by atoms with van der Waals surface area (Å²) in [5.74, 6) is -0.0755. The van der Waals surface area contributed by atoms with Crippen molar-refractivity contribution in [1.82, 2.24) is 5.32 Å². The van der Waals surface area contributed by atoms with Gasteiger partial charge in [-0.3, -0.25) is 4.79 Å². The van der Waals surface area contributed by atoms with Gasteiger partial charge in [-0.15, -0.1) is 0 Å². The third-order valence-corrected chi connectivity index (χ3v) is 12.5. The Kier molecular flexibility index (Phi) is 51.8. The Hall–Kier alpha value is -1.91. The summed E-state index contributed by atoms with van der Waals surface area (Å²) in [6.45, 7) is 4.28. The Morgan fingerprint density at radius 3 is 1.03 bits per heavy atom. The Morgan fingerprint density at radius 2 is 0.677 bits per heavy atom. The van der Waals surface area contributed by atoms with E-state index in [4.69, 9.17) is 0 Å². The average molecular weight is 866 g/mol. The van der Waals surface area contributed by atoms with Gasteiger partial charge in [0.25, 0.3) is 0 Å². The molecule has 0 aliphatic heterocycles. The molecule has 4 heteroatoms. The number of carbonyl (C=O) groups excluding carboxylic acids is 1. The maximum atomic E-state index is 12.4. The first-order valence-electron chi connectivity index (χ1n) is 27.5. The van der Waals surface area contributed by atoms with E-state index in [1.165, 1.54) is 218 Å². The van der Waals surface area contributed by atoms with Crippen LogP contribution in [0.4, 0.5) is 0 Å². The van der Waals surface area contributed by atoms with Crippen LogP contribution in [0.25, 0.3) is 0 Å². The number of nitrogens with one attached hydrogen (secondary N) is 1. The Bertz CT molecular complexity index is 1030. The molecule has 0 saturated heterocycles. The van der Waals surface area contributed by atoms with Gasteiger partial charge in [0.05, 0.1) is 18.8 Å². The number of unbranched alkanes of at least 4 members (excludes halogenated alkanes) is 35. The molecule has 0 aliphatic carbocycles. The minimum atomic E-state index is -0.870. The molecule has 4 nitrogen and oxygen atoms in total. The third-order valence-electron chi connectivity index (χ3n) is 12.5. The zero-order valence-electron chi connectivity index (χ0n) is 41.6. The number of aliphatic hydroxyl groups is 2. The first-order chi connectivity index (χ1) is 30.7. The molecular formula is C58H107NO3. The normalized spacial score (nSPS) is 13.3. The molecule has 1 amide bonds. The van der Waals surface area contributed by atoms with Gasteiger partial charge in [0.15, 0.2) is 0 Å². The van der Waals surface area contributed by atoms with E-state index >= 15 is 0 Å². The van der Waals surface area contributed by atoms with Crippen LogP contribution < -0.4 is 5.32 Å². The van der Waals surface area contributed by atoms with Gasteiger partial charge >= 0.3 is 0 Å². The molecule has 62 heavy (non-hydrogen) atoms. The van der Waals surface area contributed by atoms with Gasteiger partial charge in [0.1, 0.15) is 0 Å². The van der Waals surface area contributed by atoms with E-state index in [-0.39, 0.29) is 12.5 Å². The lowest BCUT2D eigenvalue weighted by atomic mass is 10.0. The van der Waals surface area contributed by atoms with Crippen LogP contribution in [0.5, 0.6) is 0 Å². The van der Waals surface area contributed by atoms with Gasteiger partial charge < -0.3 is 15.5 Å². The van der Waals surface area contributed by atoms with E-state index in [9.17, 15) is 15.0 Å². The minimum Gasteiger partial charge on any atom is -0.394 e. The van der Waals surface area contributed by atoms with Crippen molar-refractivity contribution in [3.63, 3.8) is 0 Å². The van der Waals surface area contributed by atoms with Crippen molar-refractivity contribution in [1.29, 1.82) is 0 Å². The number of carbonyl (C=O) groups is 1. The summed E-state index contributed by atoms with van der Waals surface area (Å²) in [7, 11) is 0. The van der Waals surface area contributed by atoms with Crippen molar-refractivity contribution in [3.8, 4) is 0 Å². The van der Waals surface area contributed by atoms with Gasteiger partial charge in [-0.1, -0.05) is 261 Å². The standard InChI is InChI=1S/C58H107NO3/c1-3-5-7-9-11-13-15-17-19-20-21-22-23-24-25-26-27-28-29-30-31-32-33-34-35-36-37-38-40-42-44-46-48-50-52-54-58(62)59-56(55-60)57(61)53-51-49-47-45-43-41-39-18-16-14-12-10-8-6-4-2/h15-18,20-21,43,45,51,53,56-57,60-61H,3-14,19,22-42,44,46-50,52,54-55H2,1-2H3,(H,59,62)/b17-15-,18-16+,21-20-,45-43+,53-51+. The van der Waals surface area contributed by atoms with E-state index in [1.54, 1.807) is 6.08 Å². The molecule has 362 valence electrons. The van der Waals surface area contributed by atoms with Gasteiger partial charge in [0.2, 0.25) is 5.91 Å². The second-order valence-electron chi connectivity index (χ2n) is 18.6. The molecule has 2 unspecified atom stereocenters. The first kappa shape index (κ1) is 60.1. The molecular weight excluding hydrogens is 759 g/mol. The van der Waals surface area contributed by atoms with E-state index in [0.29, 0.717) is 6.42 Å². The van der Waals surface area contributed by atoms with Crippen molar-refractivity contribution < 1.29 is 15.0 Å². The van der Waals surface area contributed by atoms with Crippen LogP contribution in [0.3, 0.4) is 0 Å². The highest BCUT2D eigenvalue weighted by Crippen LogP contribution is 2.16. The predicted octanol–water partition coefficient (Wildman–Crippen LogP) is 18.0. The lowest BCUT2D eigenvalue weighted by Crippen LogP contribution is -2.45. The number of aliphatic hydroxyl groups excluding tert-OH is 2. The van der Waals surface area contributed by atoms with Crippen LogP contribution in [0.15, 0.2) is 60.8 Å². The molecule has 3 N–H and O–H groups in total. The quantitative estimate of drug-likeness (QED) is 0.0421. The topological polar surface area (TPSA) is 69.6 Å². The summed E-state index contributed by atoms with van der Waals surface area (Å²) in [5, 5.41) is 23.0. The number of amides is 1. The molecule has 0 aromatic heterocycles. The van der Waals surface area contributed by atoms with E-state index in [2.05, 4.69) is 67.8 Å². The monoisotopic (exact) mass is 866 g/mol. The Labute approximate surface area is 387 Å². The van der Waals surface area contributed by atoms with E-state index < -0.39 is 12.1 Å². The SMILES string of the molecule is CCCCCCC/C=C\C/C=C\CCCCCCCCCCCCCCCCCCCCCCCCCC(=O)NC(CO)C(O)/C=C/CC/C=C/CC/C=C/CCCCCCC. The van der Waals surface area contributed by atoms with E-state index in [1.807, 2.05) is 6.08 Å². The number of allylic oxidation sites excluding steroid dienone is 9. The second kappa shape index (κ2) is 53.4. The van der Waals surface area contributed by atoms with Crippen LogP contribution in [0, 0.1) is 0 Å². The zero-order chi connectivity index (χ0) is 44.9. The molecule has 0 fully saturated rings. The van der Waals surface area contributed by atoms with E-state index in [0.717, 1.165) is 44.9 Å². The van der Waals surface area contributed by atoms with Gasteiger partial charge in [-0.05, 0) is 77.0 Å². The van der Waals surface area contributed by atoms with Crippen molar-refractivity contribution >= 4 is 5.91 Å². The molecule has 2 atom stereocenters. The summed E-state index contributed by atoms with van der Waals surface area (Å²) in [5.41, 5.74) is 0. The highest BCUT2D eigenvalue weighted by Gasteiger charge is 2.17. The molecule has 0 aromatic carbocycles. The lowest BCUT2D eigenvalue weighted by molar-refractivity contribution is -0.123. The van der Waals surface area contributed by atoms with Crippen molar-refractivity contribution in [2.24, 2.45) is 0 Å². The van der Waals surface area contributed by atoms with Crippen molar-refractivity contribution in [2.75, 3.05) is 6.61 Å². The molecule has 0 rings (SSSR count). The maximum absolute atomic E-state index is 12.4. The fraction of sp³-hybridized carbons (Fsp3) is 0.810. The van der Waals surface area contributed by atoms with Crippen molar-refractivity contribution in [3.05, 3.63) is 60.8 Å². The van der Waals surface area contributed by atoms with Crippen LogP contribution >= 0.6 is 0 Å². The summed E-state index contributed by atoms with van der Waals surface area (Å²) < 4.78 is 0. The fourth-order valence-electron chi connectivity index (χ4n) is 8.24. The third kappa shape index (κ3) is 49.1. The molecule has 0 aromatic rings. The molecule has 0 heterocycles. The largest absolute Gasteiger partial charge is 0.394 e. The molecule has 0 aliphatic rings. The Balaban J connectivity index is 3.45. The fourth-order valence-corrected chi connectivity index (χ4v) is 8.24. The first-order valence-corrected chi connectivity index (χ1v) is 27.5. The Morgan fingerprint density at radius 1 is 0.387 bits per heavy atom. The number of rotatable bonds is 50. The van der Waals surface area contributed by atoms with Crippen LogP contribution in [0.2, 0.25) is 0 Å². The summed E-state index contributed by atoms with van der Waals surface area (Å²) in [6, 6.07) is -0.645. The van der Waals surface area contributed by atoms with Crippen LogP contribution in [-0.4, -0.2) is 34.9 Å². The average Bonchev–Trinajstić information content (AvgIpc) is 3.28. The van der Waals surface area contributed by atoms with Gasteiger partial charge in [0, 0.05) is 6.42 Å². The van der Waals surface area contributed by atoms with Gasteiger partial charge in [-0.2, -0.15) is 0 Å². The highest BCUT2D eigenvalue weighted by molar-refractivity contribution is 5.76. The maximum Gasteiger partial charge on any atom is 0.220 e. The number of hydrogen-bond acceptors (Lipinski definition) is 3. The summed E-state index contributed by atoms with van der Waals surface area (Å²) >= 11 is 0. The van der Waals surface area contributed by atoms with Crippen LogP contribution in [-0.2, 0) is 4.79 Å². The summed E-state index contributed by atoms with van der Waals surface area (Å²) in [4.78, 5) is 12.4. The van der Waals surface area contributed by atoms with Crippen molar-refractivity contribution in [2.45, 2.75) is 296 Å². The summed E-state index contributed by atoms with van der Waals surface area (Å²) in [6.07, 6.45) is 75.3.